The number of benzene rings is 1. The quantitative estimate of drug-likeness (QED) is 0.781. The molecule has 0 radical (unpaired) electrons. The summed E-state index contributed by atoms with van der Waals surface area (Å²) in [6.07, 6.45) is 0.704. The molecule has 0 aromatic heterocycles. The molecular weight excluding hydrogens is 357 g/mol. The summed E-state index contributed by atoms with van der Waals surface area (Å²) < 4.78 is 18.5. The Morgan fingerprint density at radius 1 is 1.18 bits per heavy atom. The molecule has 28 heavy (non-hydrogen) atoms. The first kappa shape index (κ1) is 20.9. The second-order valence-corrected chi connectivity index (χ2v) is 9.13. The first-order valence-electron chi connectivity index (χ1n) is 10.4. The minimum atomic E-state index is -0.460. The lowest BCUT2D eigenvalue weighted by Crippen LogP contribution is -2.49. The van der Waals surface area contributed by atoms with E-state index < -0.39 is 5.60 Å². The van der Waals surface area contributed by atoms with Crippen LogP contribution in [-0.2, 0) is 11.3 Å². The maximum Gasteiger partial charge on any atom is 0.410 e. The molecule has 2 aliphatic heterocycles. The Morgan fingerprint density at radius 3 is 2.50 bits per heavy atom. The average molecular weight is 392 g/mol. The first-order chi connectivity index (χ1) is 13.2. The molecule has 0 saturated carbocycles. The third-order valence-corrected chi connectivity index (χ3v) is 5.50. The van der Waals surface area contributed by atoms with Crippen LogP contribution >= 0.6 is 0 Å². The molecule has 2 fully saturated rings. The number of rotatable bonds is 4. The van der Waals surface area contributed by atoms with E-state index in [1.165, 1.54) is 16.8 Å². The Labute approximate surface area is 168 Å². The SMILES string of the molecule is Cc1ccc(CN2CCN(C(=O)OC(C)(C)C)CC2)c(N2CCC(CF)C2)c1. The Hall–Kier alpha value is -1.82. The van der Waals surface area contributed by atoms with Crippen molar-refractivity contribution < 1.29 is 13.9 Å². The average Bonchev–Trinajstić information content (AvgIpc) is 3.11. The fourth-order valence-corrected chi connectivity index (χ4v) is 3.94. The summed E-state index contributed by atoms with van der Waals surface area (Å²) in [5.41, 5.74) is 3.30. The van der Waals surface area contributed by atoms with Gasteiger partial charge in [-0.3, -0.25) is 9.29 Å². The minimum Gasteiger partial charge on any atom is -0.444 e. The van der Waals surface area contributed by atoms with E-state index in [-0.39, 0.29) is 18.7 Å². The van der Waals surface area contributed by atoms with E-state index in [0.29, 0.717) is 13.1 Å². The molecule has 0 spiro atoms. The number of alkyl halides is 1. The lowest BCUT2D eigenvalue weighted by molar-refractivity contribution is 0.0139. The van der Waals surface area contributed by atoms with Gasteiger partial charge in [-0.2, -0.15) is 0 Å². The second kappa shape index (κ2) is 8.68. The van der Waals surface area contributed by atoms with E-state index >= 15 is 0 Å². The standard InChI is InChI=1S/C22H34FN3O2/c1-17-5-6-19(20(13-17)26-8-7-18(14-23)15-26)16-24-9-11-25(12-10-24)21(27)28-22(2,3)4/h5-6,13,18H,7-12,14-16H2,1-4H3. The lowest BCUT2D eigenvalue weighted by atomic mass is 10.1. The largest absolute Gasteiger partial charge is 0.444 e. The van der Waals surface area contributed by atoms with Crippen LogP contribution in [0.5, 0.6) is 0 Å². The van der Waals surface area contributed by atoms with Crippen molar-refractivity contribution in [2.45, 2.75) is 46.3 Å². The normalized spacial score (nSPS) is 21.2. The topological polar surface area (TPSA) is 36.0 Å². The molecule has 2 aliphatic rings. The van der Waals surface area contributed by atoms with Crippen LogP contribution in [0.4, 0.5) is 14.9 Å². The van der Waals surface area contributed by atoms with E-state index in [1.807, 2.05) is 20.8 Å². The van der Waals surface area contributed by atoms with Gasteiger partial charge in [0, 0.05) is 57.4 Å². The number of anilines is 1. The van der Waals surface area contributed by atoms with Gasteiger partial charge < -0.3 is 14.5 Å². The van der Waals surface area contributed by atoms with Crippen molar-refractivity contribution in [3.05, 3.63) is 29.3 Å². The summed E-state index contributed by atoms with van der Waals surface area (Å²) in [5.74, 6) is 0.158. The summed E-state index contributed by atoms with van der Waals surface area (Å²) in [5, 5.41) is 0. The van der Waals surface area contributed by atoms with E-state index in [9.17, 15) is 9.18 Å². The highest BCUT2D eigenvalue weighted by Gasteiger charge is 2.28. The van der Waals surface area contributed by atoms with Crippen LogP contribution in [0.2, 0.25) is 0 Å². The molecule has 0 aliphatic carbocycles. The van der Waals surface area contributed by atoms with Crippen molar-refractivity contribution in [2.24, 2.45) is 5.92 Å². The summed E-state index contributed by atoms with van der Waals surface area (Å²) in [6, 6.07) is 6.58. The highest BCUT2D eigenvalue weighted by Crippen LogP contribution is 2.29. The van der Waals surface area contributed by atoms with Crippen LogP contribution in [0.1, 0.15) is 38.3 Å². The molecular formula is C22H34FN3O2. The molecule has 1 amide bonds. The molecule has 156 valence electrons. The number of carbonyl (C=O) groups is 1. The number of nitrogens with zero attached hydrogens (tertiary/aromatic N) is 3. The summed E-state index contributed by atoms with van der Waals surface area (Å²) in [7, 11) is 0. The zero-order chi connectivity index (χ0) is 20.3. The highest BCUT2D eigenvalue weighted by molar-refractivity contribution is 5.68. The van der Waals surface area contributed by atoms with Crippen molar-refractivity contribution in [1.82, 2.24) is 9.80 Å². The fourth-order valence-electron chi connectivity index (χ4n) is 3.94. The van der Waals surface area contributed by atoms with Gasteiger partial charge in [0.05, 0.1) is 6.67 Å². The van der Waals surface area contributed by atoms with Crippen molar-refractivity contribution in [2.75, 3.05) is 50.8 Å². The fraction of sp³-hybridized carbons (Fsp3) is 0.682. The molecule has 6 heteroatoms. The molecule has 1 unspecified atom stereocenters. The predicted octanol–water partition coefficient (Wildman–Crippen LogP) is 3.84. The minimum absolute atomic E-state index is 0.158. The van der Waals surface area contributed by atoms with Crippen molar-refractivity contribution in [3.63, 3.8) is 0 Å². The smallest absolute Gasteiger partial charge is 0.410 e. The summed E-state index contributed by atoms with van der Waals surface area (Å²) >= 11 is 0. The van der Waals surface area contributed by atoms with Crippen LogP contribution in [0.15, 0.2) is 18.2 Å². The van der Waals surface area contributed by atoms with Gasteiger partial charge in [0.15, 0.2) is 0 Å². The van der Waals surface area contributed by atoms with Gasteiger partial charge in [-0.15, -0.1) is 0 Å². The number of amides is 1. The molecule has 1 aromatic carbocycles. The number of carbonyl (C=O) groups excluding carboxylic acids is 1. The summed E-state index contributed by atoms with van der Waals surface area (Å²) in [6.45, 7) is 13.2. The Balaban J connectivity index is 1.60. The van der Waals surface area contributed by atoms with Gasteiger partial charge in [-0.05, 0) is 51.3 Å². The highest BCUT2D eigenvalue weighted by atomic mass is 19.1. The third-order valence-electron chi connectivity index (χ3n) is 5.50. The number of halogens is 1. The van der Waals surface area contributed by atoms with Crippen molar-refractivity contribution in [3.8, 4) is 0 Å². The van der Waals surface area contributed by atoms with Gasteiger partial charge in [-0.25, -0.2) is 4.79 Å². The van der Waals surface area contributed by atoms with Crippen LogP contribution in [0.25, 0.3) is 0 Å². The van der Waals surface area contributed by atoms with E-state index in [4.69, 9.17) is 4.74 Å². The van der Waals surface area contributed by atoms with E-state index in [1.54, 1.807) is 4.90 Å². The first-order valence-corrected chi connectivity index (χ1v) is 10.4. The maximum absolute atomic E-state index is 13.1. The number of ether oxygens (including phenoxy) is 1. The Bertz CT molecular complexity index is 681. The number of piperazine rings is 1. The number of hydrogen-bond donors (Lipinski definition) is 0. The third kappa shape index (κ3) is 5.37. The lowest BCUT2D eigenvalue weighted by Gasteiger charge is -2.36. The molecule has 2 heterocycles. The molecule has 0 N–H and O–H groups in total. The van der Waals surface area contributed by atoms with Gasteiger partial charge in [0.25, 0.3) is 0 Å². The van der Waals surface area contributed by atoms with Crippen LogP contribution in [0.3, 0.4) is 0 Å². The zero-order valence-electron chi connectivity index (χ0n) is 17.7. The molecule has 1 atom stereocenters. The van der Waals surface area contributed by atoms with Crippen molar-refractivity contribution in [1.29, 1.82) is 0 Å². The monoisotopic (exact) mass is 391 g/mol. The number of aryl methyl sites for hydroxylation is 1. The van der Waals surface area contributed by atoms with E-state index in [2.05, 4.69) is 34.9 Å². The zero-order valence-corrected chi connectivity index (χ0v) is 17.7. The second-order valence-electron chi connectivity index (χ2n) is 9.13. The molecule has 2 saturated heterocycles. The van der Waals surface area contributed by atoms with Crippen molar-refractivity contribution >= 4 is 11.8 Å². The Morgan fingerprint density at radius 2 is 1.89 bits per heavy atom. The van der Waals surface area contributed by atoms with Gasteiger partial charge in [0.2, 0.25) is 0 Å². The summed E-state index contributed by atoms with van der Waals surface area (Å²) in [4.78, 5) is 18.8. The van der Waals surface area contributed by atoms with Gasteiger partial charge in [0.1, 0.15) is 5.60 Å². The maximum atomic E-state index is 13.1. The van der Waals surface area contributed by atoms with Gasteiger partial charge in [-0.1, -0.05) is 12.1 Å². The van der Waals surface area contributed by atoms with Gasteiger partial charge >= 0.3 is 6.09 Å². The Kier molecular flexibility index (Phi) is 6.48. The molecule has 3 rings (SSSR count). The number of hydrogen-bond acceptors (Lipinski definition) is 4. The van der Waals surface area contributed by atoms with Crippen LogP contribution in [-0.4, -0.2) is 67.4 Å². The molecule has 5 nitrogen and oxygen atoms in total. The molecule has 0 bridgehead atoms. The predicted molar refractivity (Wildman–Crippen MR) is 111 cm³/mol. The molecule has 1 aromatic rings. The van der Waals surface area contributed by atoms with Crippen LogP contribution < -0.4 is 4.90 Å². The van der Waals surface area contributed by atoms with Crippen LogP contribution in [0, 0.1) is 12.8 Å². The van der Waals surface area contributed by atoms with E-state index in [0.717, 1.165) is 39.1 Å².